The van der Waals surface area contributed by atoms with E-state index in [1.165, 1.54) is 5.56 Å². The zero-order chi connectivity index (χ0) is 19.6. The fourth-order valence-corrected chi connectivity index (χ4v) is 4.99. The Balaban J connectivity index is 1.41. The SMILES string of the molecule is O=C(Cc1cccc(Cl)c1)N1CC[C@@]2(CO)CN(Cc3ccccc3)C[C@H]2C1. The lowest BCUT2D eigenvalue weighted by molar-refractivity contribution is -0.134. The number of aliphatic hydroxyl groups is 1. The molecule has 0 radical (unpaired) electrons. The van der Waals surface area contributed by atoms with Crippen molar-refractivity contribution in [2.75, 3.05) is 32.8 Å². The van der Waals surface area contributed by atoms with Crippen LogP contribution in [0.3, 0.4) is 0 Å². The second-order valence-electron chi connectivity index (χ2n) is 8.27. The molecule has 2 atom stereocenters. The lowest BCUT2D eigenvalue weighted by Crippen LogP contribution is -2.50. The van der Waals surface area contributed by atoms with Crippen molar-refractivity contribution in [3.8, 4) is 0 Å². The van der Waals surface area contributed by atoms with Gasteiger partial charge in [0.2, 0.25) is 5.91 Å². The molecular formula is C23H27ClN2O2. The molecule has 2 aromatic rings. The van der Waals surface area contributed by atoms with Crippen LogP contribution in [0.1, 0.15) is 17.5 Å². The van der Waals surface area contributed by atoms with E-state index in [2.05, 4.69) is 29.2 Å². The second-order valence-corrected chi connectivity index (χ2v) is 8.71. The van der Waals surface area contributed by atoms with Crippen LogP contribution in [0.15, 0.2) is 54.6 Å². The van der Waals surface area contributed by atoms with Crippen LogP contribution in [-0.2, 0) is 17.8 Å². The maximum Gasteiger partial charge on any atom is 0.227 e. The van der Waals surface area contributed by atoms with Crippen LogP contribution in [0.2, 0.25) is 5.02 Å². The second kappa shape index (κ2) is 8.24. The summed E-state index contributed by atoms with van der Waals surface area (Å²) in [6.45, 7) is 4.37. The van der Waals surface area contributed by atoms with Gasteiger partial charge < -0.3 is 10.0 Å². The molecule has 1 amide bonds. The van der Waals surface area contributed by atoms with Crippen LogP contribution < -0.4 is 0 Å². The number of piperidine rings is 1. The summed E-state index contributed by atoms with van der Waals surface area (Å²) >= 11 is 6.05. The van der Waals surface area contributed by atoms with Gasteiger partial charge in [0.05, 0.1) is 13.0 Å². The first-order valence-electron chi connectivity index (χ1n) is 9.97. The van der Waals surface area contributed by atoms with Gasteiger partial charge in [-0.25, -0.2) is 0 Å². The van der Waals surface area contributed by atoms with Crippen LogP contribution >= 0.6 is 11.6 Å². The third-order valence-electron chi connectivity index (χ3n) is 6.36. The number of aliphatic hydroxyl groups excluding tert-OH is 1. The number of hydrogen-bond donors (Lipinski definition) is 1. The maximum atomic E-state index is 12.8. The van der Waals surface area contributed by atoms with Crippen LogP contribution in [0.25, 0.3) is 0 Å². The molecule has 0 unspecified atom stereocenters. The summed E-state index contributed by atoms with van der Waals surface area (Å²) in [5.74, 6) is 0.466. The van der Waals surface area contributed by atoms with E-state index >= 15 is 0 Å². The van der Waals surface area contributed by atoms with E-state index in [0.29, 0.717) is 17.4 Å². The summed E-state index contributed by atoms with van der Waals surface area (Å²) < 4.78 is 0. The molecule has 148 valence electrons. The van der Waals surface area contributed by atoms with Crippen LogP contribution in [0.4, 0.5) is 0 Å². The molecule has 0 aliphatic carbocycles. The molecule has 2 fully saturated rings. The lowest BCUT2D eigenvalue weighted by Gasteiger charge is -2.42. The molecule has 0 saturated carbocycles. The predicted octanol–water partition coefficient (Wildman–Crippen LogP) is 3.23. The molecule has 2 heterocycles. The minimum absolute atomic E-state index is 0.0817. The number of carbonyl (C=O) groups is 1. The quantitative estimate of drug-likeness (QED) is 0.840. The molecule has 4 nitrogen and oxygen atoms in total. The normalized spacial score (nSPS) is 24.9. The van der Waals surface area contributed by atoms with Gasteiger partial charge in [0.15, 0.2) is 0 Å². The van der Waals surface area contributed by atoms with Gasteiger partial charge in [-0.15, -0.1) is 0 Å². The summed E-state index contributed by atoms with van der Waals surface area (Å²) in [6.07, 6.45) is 1.24. The Morgan fingerprint density at radius 1 is 1.11 bits per heavy atom. The average molecular weight is 399 g/mol. The average Bonchev–Trinajstić information content (AvgIpc) is 3.06. The third-order valence-corrected chi connectivity index (χ3v) is 6.60. The van der Waals surface area contributed by atoms with Gasteiger partial charge in [-0.05, 0) is 35.6 Å². The van der Waals surface area contributed by atoms with Crippen LogP contribution in [0.5, 0.6) is 0 Å². The van der Waals surface area contributed by atoms with E-state index in [4.69, 9.17) is 11.6 Å². The van der Waals surface area contributed by atoms with Crippen molar-refractivity contribution in [1.29, 1.82) is 0 Å². The van der Waals surface area contributed by atoms with Gasteiger partial charge in [0.1, 0.15) is 0 Å². The molecule has 28 heavy (non-hydrogen) atoms. The van der Waals surface area contributed by atoms with Gasteiger partial charge in [0, 0.05) is 43.2 Å². The number of carbonyl (C=O) groups excluding carboxylic acids is 1. The molecule has 2 aliphatic heterocycles. The Morgan fingerprint density at radius 2 is 1.89 bits per heavy atom. The van der Waals surface area contributed by atoms with Gasteiger partial charge in [0.25, 0.3) is 0 Å². The predicted molar refractivity (Wildman–Crippen MR) is 111 cm³/mol. The zero-order valence-corrected chi connectivity index (χ0v) is 16.8. The van der Waals surface area contributed by atoms with Crippen LogP contribution in [0, 0.1) is 11.3 Å². The fraction of sp³-hybridized carbons (Fsp3) is 0.435. The highest BCUT2D eigenvalue weighted by Crippen LogP contribution is 2.43. The maximum absolute atomic E-state index is 12.8. The van der Waals surface area contributed by atoms with Gasteiger partial charge in [-0.3, -0.25) is 9.69 Å². The molecule has 4 rings (SSSR count). The topological polar surface area (TPSA) is 43.8 Å². The molecule has 5 heteroatoms. The van der Waals surface area contributed by atoms with Crippen molar-refractivity contribution in [3.05, 3.63) is 70.7 Å². The minimum atomic E-state index is -0.0817. The van der Waals surface area contributed by atoms with Crippen molar-refractivity contribution in [2.24, 2.45) is 11.3 Å². The van der Waals surface area contributed by atoms with E-state index < -0.39 is 0 Å². The number of nitrogens with zero attached hydrogens (tertiary/aromatic N) is 2. The number of fused-ring (bicyclic) bond motifs is 1. The fourth-order valence-electron chi connectivity index (χ4n) is 4.77. The summed E-state index contributed by atoms with van der Waals surface area (Å²) in [4.78, 5) is 17.2. The van der Waals surface area contributed by atoms with Gasteiger partial charge >= 0.3 is 0 Å². The van der Waals surface area contributed by atoms with E-state index in [0.717, 1.165) is 44.7 Å². The number of amides is 1. The first-order chi connectivity index (χ1) is 13.6. The Labute approximate surface area is 171 Å². The molecule has 2 saturated heterocycles. The van der Waals surface area contributed by atoms with Crippen molar-refractivity contribution in [3.63, 3.8) is 0 Å². The van der Waals surface area contributed by atoms with Crippen molar-refractivity contribution in [2.45, 2.75) is 19.4 Å². The number of benzene rings is 2. The molecule has 2 aliphatic rings. The van der Waals surface area contributed by atoms with Gasteiger partial charge in [-0.2, -0.15) is 0 Å². The van der Waals surface area contributed by atoms with E-state index in [-0.39, 0.29) is 17.9 Å². The highest BCUT2D eigenvalue weighted by Gasteiger charge is 2.49. The van der Waals surface area contributed by atoms with Gasteiger partial charge in [-0.1, -0.05) is 54.1 Å². The van der Waals surface area contributed by atoms with E-state index in [1.807, 2.05) is 35.2 Å². The molecule has 0 bridgehead atoms. The summed E-state index contributed by atoms with van der Waals surface area (Å²) in [7, 11) is 0. The number of halogens is 1. The van der Waals surface area contributed by atoms with E-state index in [1.54, 1.807) is 0 Å². The van der Waals surface area contributed by atoms with Crippen molar-refractivity contribution < 1.29 is 9.90 Å². The Kier molecular flexibility index (Phi) is 5.72. The standard InChI is InChI=1S/C23H27ClN2O2/c24-21-8-4-7-19(11-21)12-22(28)26-10-9-23(17-27)16-25(14-20(23)15-26)13-18-5-2-1-3-6-18/h1-8,11,20,27H,9-10,12-17H2/t20-,23-/m0/s1. The first kappa shape index (κ1) is 19.4. The Bertz CT molecular complexity index is 828. The Hall–Kier alpha value is -1.88. The number of rotatable bonds is 5. The van der Waals surface area contributed by atoms with Crippen LogP contribution in [-0.4, -0.2) is 53.6 Å². The summed E-state index contributed by atoms with van der Waals surface area (Å²) in [5.41, 5.74) is 2.17. The molecule has 0 aromatic heterocycles. The molecular weight excluding hydrogens is 372 g/mol. The minimum Gasteiger partial charge on any atom is -0.396 e. The van der Waals surface area contributed by atoms with E-state index in [9.17, 15) is 9.90 Å². The molecule has 2 aromatic carbocycles. The largest absolute Gasteiger partial charge is 0.396 e. The molecule has 1 N–H and O–H groups in total. The number of likely N-dealkylation sites (tertiary alicyclic amines) is 2. The highest BCUT2D eigenvalue weighted by molar-refractivity contribution is 6.30. The monoisotopic (exact) mass is 398 g/mol. The third kappa shape index (κ3) is 4.09. The smallest absolute Gasteiger partial charge is 0.227 e. The zero-order valence-electron chi connectivity index (χ0n) is 16.1. The Morgan fingerprint density at radius 3 is 2.64 bits per heavy atom. The van der Waals surface area contributed by atoms with Crippen molar-refractivity contribution in [1.82, 2.24) is 9.80 Å². The highest BCUT2D eigenvalue weighted by atomic mass is 35.5. The first-order valence-corrected chi connectivity index (χ1v) is 10.4. The summed E-state index contributed by atoms with van der Waals surface area (Å²) in [6, 6.07) is 18.0. The lowest BCUT2D eigenvalue weighted by atomic mass is 9.73. The summed E-state index contributed by atoms with van der Waals surface area (Å²) in [5, 5.41) is 10.8. The molecule has 0 spiro atoms. The number of hydrogen-bond acceptors (Lipinski definition) is 3. The van der Waals surface area contributed by atoms with Crippen molar-refractivity contribution >= 4 is 17.5 Å².